The average Bonchev–Trinajstić information content (AvgIpc) is 1.91. The standard InChI is InChI=1S/C74H140O17P2/c1-8-10-11-12-13-14-15-16-19-24-27-30-33-43-50-57-73(78)90-69(62-85-72(77)56-49-42-36-34-39-46-53-66(5)6)63-88-92(80,81)86-59-68(75)60-87-93(82,83)89-64-70(91-74(79)58-51-44-37-35-40-47-54-67(7)9-2)61-84-71(76)55-48-41-32-29-26-23-21-18-17-20-22-25-28-31-38-45-52-65(3)4/h14-16,19,65-70,75H,8-13,17-18,20-64H2,1-7H3,(H,80,81)(H,82,83)/b15-14-,19-16-/t67?,68-,69+,70+/m0/s1. The van der Waals surface area contributed by atoms with Crippen molar-refractivity contribution in [2.24, 2.45) is 17.8 Å². The maximum Gasteiger partial charge on any atom is 0.472 e. The highest BCUT2D eigenvalue weighted by Gasteiger charge is 2.30. The molecule has 0 saturated heterocycles. The normalized spacial score (nSPS) is 14.6. The number of unbranched alkanes of at least 4 members (excludes halogenated alkanes) is 34. The zero-order chi connectivity index (χ0) is 68.7. The van der Waals surface area contributed by atoms with E-state index in [-0.39, 0.29) is 25.7 Å². The molecular formula is C74H140O17P2. The van der Waals surface area contributed by atoms with Crippen molar-refractivity contribution in [3.05, 3.63) is 24.3 Å². The van der Waals surface area contributed by atoms with Crippen LogP contribution in [0.2, 0.25) is 0 Å². The van der Waals surface area contributed by atoms with E-state index in [1.54, 1.807) is 0 Å². The molecule has 0 aromatic carbocycles. The Labute approximate surface area is 567 Å². The molecule has 0 saturated carbocycles. The van der Waals surface area contributed by atoms with Gasteiger partial charge in [0.2, 0.25) is 0 Å². The van der Waals surface area contributed by atoms with E-state index in [0.717, 1.165) is 121 Å². The maximum absolute atomic E-state index is 13.0. The lowest BCUT2D eigenvalue weighted by Crippen LogP contribution is -2.30. The molecule has 0 spiro atoms. The van der Waals surface area contributed by atoms with Gasteiger partial charge in [0.05, 0.1) is 26.4 Å². The van der Waals surface area contributed by atoms with Gasteiger partial charge in [-0.3, -0.25) is 37.3 Å². The molecule has 548 valence electrons. The van der Waals surface area contributed by atoms with E-state index < -0.39 is 97.5 Å². The van der Waals surface area contributed by atoms with Gasteiger partial charge in [0, 0.05) is 25.7 Å². The summed E-state index contributed by atoms with van der Waals surface area (Å²) in [5.41, 5.74) is 0. The van der Waals surface area contributed by atoms with Crippen LogP contribution in [0.15, 0.2) is 24.3 Å². The molecule has 0 fully saturated rings. The third-order valence-electron chi connectivity index (χ3n) is 16.9. The number of carbonyl (C=O) groups excluding carboxylic acids is 4. The van der Waals surface area contributed by atoms with Crippen LogP contribution < -0.4 is 0 Å². The van der Waals surface area contributed by atoms with Crippen molar-refractivity contribution in [2.45, 2.75) is 369 Å². The fraction of sp³-hybridized carbons (Fsp3) is 0.892. The Bertz CT molecular complexity index is 1910. The van der Waals surface area contributed by atoms with Crippen molar-refractivity contribution in [2.75, 3.05) is 39.6 Å². The summed E-state index contributed by atoms with van der Waals surface area (Å²) in [4.78, 5) is 72.6. The summed E-state index contributed by atoms with van der Waals surface area (Å²) in [5, 5.41) is 10.6. The molecular weight excluding hydrogens is 1220 g/mol. The molecule has 0 radical (unpaired) electrons. The van der Waals surface area contributed by atoms with Crippen molar-refractivity contribution in [1.82, 2.24) is 0 Å². The summed E-state index contributed by atoms with van der Waals surface area (Å²) in [7, 11) is -9.92. The fourth-order valence-corrected chi connectivity index (χ4v) is 12.3. The number of carbonyl (C=O) groups is 4. The summed E-state index contributed by atoms with van der Waals surface area (Å²) < 4.78 is 68.3. The maximum atomic E-state index is 13.0. The van der Waals surface area contributed by atoms with Gasteiger partial charge in [-0.1, -0.05) is 297 Å². The molecule has 19 heteroatoms. The summed E-state index contributed by atoms with van der Waals surface area (Å²) in [6.45, 7) is 11.7. The lowest BCUT2D eigenvalue weighted by atomic mass is 10.00. The number of allylic oxidation sites excluding steroid dienone is 4. The van der Waals surface area contributed by atoms with Gasteiger partial charge in [-0.15, -0.1) is 0 Å². The SMILES string of the molecule is CCCCCC/C=C\C=C/CCCCCCCC(=O)O[C@H](COC(=O)CCCCCCCCC(C)C)COP(=O)(O)OC[C@H](O)COP(=O)(O)OC[C@@H](COC(=O)CCCCCCCCCCCCCCCCCCC(C)C)OC(=O)CCCCCCCCC(C)CC. The molecule has 0 heterocycles. The topological polar surface area (TPSA) is 237 Å². The van der Waals surface area contributed by atoms with Gasteiger partial charge >= 0.3 is 39.5 Å². The second-order valence-electron chi connectivity index (χ2n) is 27.2. The van der Waals surface area contributed by atoms with Crippen molar-refractivity contribution in [3.63, 3.8) is 0 Å². The minimum atomic E-state index is -4.96. The lowest BCUT2D eigenvalue weighted by molar-refractivity contribution is -0.161. The van der Waals surface area contributed by atoms with Crippen LogP contribution in [-0.4, -0.2) is 96.7 Å². The van der Waals surface area contributed by atoms with Crippen LogP contribution in [0, 0.1) is 17.8 Å². The Morgan fingerprint density at radius 3 is 0.957 bits per heavy atom. The molecule has 0 aliphatic heterocycles. The molecule has 0 aromatic rings. The molecule has 0 rings (SSSR count). The molecule has 3 N–H and O–H groups in total. The number of rotatable bonds is 70. The summed E-state index contributed by atoms with van der Waals surface area (Å²) in [6, 6.07) is 0. The minimum Gasteiger partial charge on any atom is -0.462 e. The van der Waals surface area contributed by atoms with E-state index in [2.05, 4.69) is 72.8 Å². The third-order valence-corrected chi connectivity index (χ3v) is 18.8. The molecule has 93 heavy (non-hydrogen) atoms. The summed E-state index contributed by atoms with van der Waals surface area (Å²) >= 11 is 0. The van der Waals surface area contributed by atoms with Crippen LogP contribution >= 0.6 is 15.6 Å². The van der Waals surface area contributed by atoms with Crippen LogP contribution in [0.3, 0.4) is 0 Å². The number of ether oxygens (including phenoxy) is 4. The molecule has 0 bridgehead atoms. The smallest absolute Gasteiger partial charge is 0.462 e. The Balaban J connectivity index is 5.20. The van der Waals surface area contributed by atoms with Gasteiger partial charge in [0.1, 0.15) is 19.3 Å². The number of hydrogen-bond donors (Lipinski definition) is 3. The van der Waals surface area contributed by atoms with Gasteiger partial charge in [-0.25, -0.2) is 9.13 Å². The first kappa shape index (κ1) is 90.5. The summed E-state index contributed by atoms with van der Waals surface area (Å²) in [5.74, 6) is 0.0482. The lowest BCUT2D eigenvalue weighted by Gasteiger charge is -2.21. The predicted molar refractivity (Wildman–Crippen MR) is 377 cm³/mol. The number of phosphoric ester groups is 2. The zero-order valence-corrected chi connectivity index (χ0v) is 62.0. The quantitative estimate of drug-likeness (QED) is 0.0169. The van der Waals surface area contributed by atoms with E-state index in [9.17, 15) is 43.2 Å². The third kappa shape index (κ3) is 66.6. The molecule has 0 aliphatic rings. The van der Waals surface area contributed by atoms with Crippen molar-refractivity contribution in [1.29, 1.82) is 0 Å². The van der Waals surface area contributed by atoms with Crippen LogP contribution in [0.25, 0.3) is 0 Å². The number of hydrogen-bond acceptors (Lipinski definition) is 15. The van der Waals surface area contributed by atoms with Gasteiger partial charge < -0.3 is 33.8 Å². The van der Waals surface area contributed by atoms with E-state index in [0.29, 0.717) is 31.6 Å². The highest BCUT2D eigenvalue weighted by Crippen LogP contribution is 2.45. The minimum absolute atomic E-state index is 0.0835. The number of phosphoric acid groups is 2. The molecule has 17 nitrogen and oxygen atoms in total. The second-order valence-corrected chi connectivity index (χ2v) is 30.1. The van der Waals surface area contributed by atoms with Crippen molar-refractivity contribution in [3.8, 4) is 0 Å². The van der Waals surface area contributed by atoms with E-state index in [1.807, 2.05) is 0 Å². The highest BCUT2D eigenvalue weighted by atomic mass is 31.2. The highest BCUT2D eigenvalue weighted by molar-refractivity contribution is 7.47. The van der Waals surface area contributed by atoms with E-state index >= 15 is 0 Å². The first-order valence-electron chi connectivity index (χ1n) is 37.7. The van der Waals surface area contributed by atoms with Crippen LogP contribution in [0.1, 0.15) is 350 Å². The Kier molecular flexibility index (Phi) is 62.5. The molecule has 3 unspecified atom stereocenters. The number of aliphatic hydroxyl groups excluding tert-OH is 1. The van der Waals surface area contributed by atoms with Crippen LogP contribution in [-0.2, 0) is 65.4 Å². The predicted octanol–water partition coefficient (Wildman–Crippen LogP) is 21.0. The van der Waals surface area contributed by atoms with Gasteiger partial charge in [0.15, 0.2) is 12.2 Å². The van der Waals surface area contributed by atoms with Gasteiger partial charge in [0.25, 0.3) is 0 Å². The Hall–Kier alpha value is -2.46. The van der Waals surface area contributed by atoms with Crippen LogP contribution in [0.5, 0.6) is 0 Å². The fourth-order valence-electron chi connectivity index (χ4n) is 10.7. The molecule has 0 aromatic heterocycles. The van der Waals surface area contributed by atoms with Gasteiger partial charge in [-0.2, -0.15) is 0 Å². The molecule has 6 atom stereocenters. The van der Waals surface area contributed by atoms with Crippen molar-refractivity contribution >= 4 is 39.5 Å². The van der Waals surface area contributed by atoms with Crippen molar-refractivity contribution < 1.29 is 80.2 Å². The van der Waals surface area contributed by atoms with E-state index in [4.69, 9.17) is 37.0 Å². The van der Waals surface area contributed by atoms with E-state index in [1.165, 1.54) is 141 Å². The Morgan fingerprint density at radius 2 is 0.634 bits per heavy atom. The first-order valence-corrected chi connectivity index (χ1v) is 40.7. The zero-order valence-electron chi connectivity index (χ0n) is 60.2. The average molecular weight is 1360 g/mol. The second kappa shape index (κ2) is 64.2. The summed E-state index contributed by atoms with van der Waals surface area (Å²) in [6.07, 6.45) is 52.5. The monoisotopic (exact) mass is 1360 g/mol. The molecule has 0 amide bonds. The Morgan fingerprint density at radius 1 is 0.355 bits per heavy atom. The van der Waals surface area contributed by atoms with Crippen LogP contribution in [0.4, 0.5) is 0 Å². The largest absolute Gasteiger partial charge is 0.472 e. The molecule has 0 aliphatic carbocycles. The number of aliphatic hydroxyl groups is 1. The first-order chi connectivity index (χ1) is 44.8. The number of esters is 4. The van der Waals surface area contributed by atoms with Gasteiger partial charge in [-0.05, 0) is 69.1 Å².